The van der Waals surface area contributed by atoms with Crippen LogP contribution in [0.1, 0.15) is 29.5 Å². The van der Waals surface area contributed by atoms with Gasteiger partial charge in [0.05, 0.1) is 25.6 Å². The van der Waals surface area contributed by atoms with Crippen LogP contribution >= 0.6 is 0 Å². The minimum absolute atomic E-state index is 0.00269. The normalized spacial score (nSPS) is 16.3. The molecule has 0 fully saturated rings. The lowest BCUT2D eigenvalue weighted by molar-refractivity contribution is 0.393. The zero-order valence-electron chi connectivity index (χ0n) is 15.7. The molecule has 0 amide bonds. The number of aryl methyl sites for hydroxylation is 1. The second kappa shape index (κ2) is 7.19. The lowest BCUT2D eigenvalue weighted by Crippen LogP contribution is -2.17. The molecule has 5 nitrogen and oxygen atoms in total. The minimum Gasteiger partial charge on any atom is -0.497 e. The van der Waals surface area contributed by atoms with Crippen molar-refractivity contribution >= 4 is 11.4 Å². The molecule has 1 aromatic heterocycles. The van der Waals surface area contributed by atoms with Gasteiger partial charge in [0.15, 0.2) is 0 Å². The first-order valence-corrected chi connectivity index (χ1v) is 8.90. The maximum absolute atomic E-state index is 5.93. The Kier molecular flexibility index (Phi) is 4.59. The summed E-state index contributed by atoms with van der Waals surface area (Å²) in [5, 5.41) is 6.95. The SMILES string of the molecule is COc1ccc(C2=NN(c3ccccc3)[C@@H](c3ccc(C)o3)C2)c(OC)c1. The summed E-state index contributed by atoms with van der Waals surface area (Å²) in [6, 6.07) is 20.0. The van der Waals surface area contributed by atoms with E-state index in [-0.39, 0.29) is 6.04 Å². The van der Waals surface area contributed by atoms with Crippen molar-refractivity contribution in [3.8, 4) is 11.5 Å². The second-order valence-electron chi connectivity index (χ2n) is 6.46. The third-order valence-corrected chi connectivity index (χ3v) is 4.74. The fraction of sp³-hybridized carbons (Fsp3) is 0.227. The number of hydrazone groups is 1. The maximum atomic E-state index is 5.93. The molecule has 0 unspecified atom stereocenters. The van der Waals surface area contributed by atoms with E-state index in [2.05, 4.69) is 12.1 Å². The molecule has 3 aromatic rings. The van der Waals surface area contributed by atoms with Gasteiger partial charge in [-0.25, -0.2) is 0 Å². The highest BCUT2D eigenvalue weighted by Crippen LogP contribution is 2.39. The number of ether oxygens (including phenoxy) is 2. The summed E-state index contributed by atoms with van der Waals surface area (Å²) in [5.74, 6) is 3.31. The van der Waals surface area contributed by atoms with Gasteiger partial charge in [0.1, 0.15) is 29.1 Å². The summed E-state index contributed by atoms with van der Waals surface area (Å²) in [6.07, 6.45) is 0.727. The van der Waals surface area contributed by atoms with Gasteiger partial charge in [0.2, 0.25) is 0 Å². The molecular weight excluding hydrogens is 340 g/mol. The van der Waals surface area contributed by atoms with Gasteiger partial charge in [-0.05, 0) is 43.3 Å². The summed E-state index contributed by atoms with van der Waals surface area (Å²) < 4.78 is 16.8. The van der Waals surface area contributed by atoms with Crippen LogP contribution in [0.25, 0.3) is 0 Å². The Balaban J connectivity index is 1.76. The zero-order valence-corrected chi connectivity index (χ0v) is 15.7. The van der Waals surface area contributed by atoms with Crippen molar-refractivity contribution in [2.45, 2.75) is 19.4 Å². The summed E-state index contributed by atoms with van der Waals surface area (Å²) in [4.78, 5) is 0. The van der Waals surface area contributed by atoms with E-state index in [1.54, 1.807) is 14.2 Å². The number of hydrogen-bond donors (Lipinski definition) is 0. The van der Waals surface area contributed by atoms with Gasteiger partial charge in [-0.15, -0.1) is 0 Å². The topological polar surface area (TPSA) is 47.2 Å². The molecule has 138 valence electrons. The average molecular weight is 362 g/mol. The van der Waals surface area contributed by atoms with E-state index >= 15 is 0 Å². The molecule has 0 spiro atoms. The molecule has 2 heterocycles. The quantitative estimate of drug-likeness (QED) is 0.643. The minimum atomic E-state index is 0.00269. The number of para-hydroxylation sites is 1. The van der Waals surface area contributed by atoms with Crippen LogP contribution in [-0.2, 0) is 0 Å². The van der Waals surface area contributed by atoms with Crippen molar-refractivity contribution in [2.24, 2.45) is 5.10 Å². The summed E-state index contributed by atoms with van der Waals surface area (Å²) >= 11 is 0. The Hall–Kier alpha value is -3.21. The highest BCUT2D eigenvalue weighted by atomic mass is 16.5. The van der Waals surface area contributed by atoms with Crippen molar-refractivity contribution in [3.05, 3.63) is 77.7 Å². The van der Waals surface area contributed by atoms with Crippen LogP contribution in [0.2, 0.25) is 0 Å². The van der Waals surface area contributed by atoms with Gasteiger partial charge in [-0.1, -0.05) is 18.2 Å². The summed E-state index contributed by atoms with van der Waals surface area (Å²) in [7, 11) is 3.31. The number of nitrogens with zero attached hydrogens (tertiary/aromatic N) is 2. The van der Waals surface area contributed by atoms with Crippen molar-refractivity contribution < 1.29 is 13.9 Å². The van der Waals surface area contributed by atoms with Crippen molar-refractivity contribution in [3.63, 3.8) is 0 Å². The van der Waals surface area contributed by atoms with Crippen LogP contribution in [-0.4, -0.2) is 19.9 Å². The predicted molar refractivity (Wildman–Crippen MR) is 106 cm³/mol. The number of rotatable bonds is 5. The van der Waals surface area contributed by atoms with Crippen LogP contribution in [0.3, 0.4) is 0 Å². The van der Waals surface area contributed by atoms with Gasteiger partial charge in [0.25, 0.3) is 0 Å². The Labute approximate surface area is 158 Å². The fourth-order valence-electron chi connectivity index (χ4n) is 3.38. The third kappa shape index (κ3) is 3.28. The van der Waals surface area contributed by atoms with Gasteiger partial charge in [-0.2, -0.15) is 5.10 Å². The largest absolute Gasteiger partial charge is 0.497 e. The molecule has 0 saturated heterocycles. The van der Waals surface area contributed by atoms with Crippen molar-refractivity contribution in [1.29, 1.82) is 0 Å². The Morgan fingerprint density at radius 3 is 2.48 bits per heavy atom. The lowest BCUT2D eigenvalue weighted by atomic mass is 10.0. The van der Waals surface area contributed by atoms with Gasteiger partial charge in [-0.3, -0.25) is 5.01 Å². The highest BCUT2D eigenvalue weighted by Gasteiger charge is 2.33. The number of benzene rings is 2. The van der Waals surface area contributed by atoms with Crippen LogP contribution in [0.4, 0.5) is 5.69 Å². The molecule has 0 aliphatic carbocycles. The summed E-state index contributed by atoms with van der Waals surface area (Å²) in [5.41, 5.74) is 2.95. The molecule has 1 aliphatic rings. The lowest BCUT2D eigenvalue weighted by Gasteiger charge is -2.21. The van der Waals surface area contributed by atoms with Crippen LogP contribution in [0.15, 0.2) is 70.2 Å². The number of methoxy groups -OCH3 is 2. The van der Waals surface area contributed by atoms with E-state index in [0.29, 0.717) is 0 Å². The van der Waals surface area contributed by atoms with Crippen molar-refractivity contribution in [1.82, 2.24) is 0 Å². The molecule has 0 saturated carbocycles. The fourth-order valence-corrected chi connectivity index (χ4v) is 3.38. The van der Waals surface area contributed by atoms with E-state index < -0.39 is 0 Å². The first kappa shape index (κ1) is 17.2. The monoisotopic (exact) mass is 362 g/mol. The zero-order chi connectivity index (χ0) is 18.8. The Morgan fingerprint density at radius 1 is 1.00 bits per heavy atom. The van der Waals surface area contributed by atoms with Crippen LogP contribution < -0.4 is 14.5 Å². The molecule has 1 aliphatic heterocycles. The molecular formula is C22H22N2O3. The van der Waals surface area contributed by atoms with Gasteiger partial charge in [0, 0.05) is 18.1 Å². The van der Waals surface area contributed by atoms with Gasteiger partial charge < -0.3 is 13.9 Å². The van der Waals surface area contributed by atoms with E-state index in [0.717, 1.165) is 46.4 Å². The number of hydrogen-bond acceptors (Lipinski definition) is 5. The Bertz CT molecular complexity index is 963. The first-order valence-electron chi connectivity index (χ1n) is 8.90. The van der Waals surface area contributed by atoms with E-state index in [1.807, 2.05) is 60.5 Å². The van der Waals surface area contributed by atoms with E-state index in [1.165, 1.54) is 0 Å². The second-order valence-corrected chi connectivity index (χ2v) is 6.46. The highest BCUT2D eigenvalue weighted by molar-refractivity contribution is 6.05. The molecule has 2 aromatic carbocycles. The first-order chi connectivity index (χ1) is 13.2. The molecule has 27 heavy (non-hydrogen) atoms. The van der Waals surface area contributed by atoms with Gasteiger partial charge >= 0.3 is 0 Å². The molecule has 1 atom stereocenters. The molecule has 4 rings (SSSR count). The van der Waals surface area contributed by atoms with E-state index in [4.69, 9.17) is 19.0 Å². The molecule has 0 radical (unpaired) electrons. The smallest absolute Gasteiger partial charge is 0.131 e. The Morgan fingerprint density at radius 2 is 1.81 bits per heavy atom. The molecule has 0 bridgehead atoms. The summed E-state index contributed by atoms with van der Waals surface area (Å²) in [6.45, 7) is 1.96. The van der Waals surface area contributed by atoms with Crippen molar-refractivity contribution in [2.75, 3.05) is 19.2 Å². The van der Waals surface area contributed by atoms with Crippen LogP contribution in [0, 0.1) is 6.92 Å². The van der Waals surface area contributed by atoms with E-state index in [9.17, 15) is 0 Å². The predicted octanol–water partition coefficient (Wildman–Crippen LogP) is 4.96. The maximum Gasteiger partial charge on any atom is 0.131 e. The third-order valence-electron chi connectivity index (χ3n) is 4.74. The molecule has 5 heteroatoms. The number of furan rings is 1. The average Bonchev–Trinajstić information content (AvgIpc) is 3.34. The standard InChI is InChI=1S/C22H22N2O3/c1-15-9-12-21(27-15)20-14-19(23-24(20)16-7-5-4-6-8-16)18-11-10-17(25-2)13-22(18)26-3/h4-13,20H,14H2,1-3H3/t20-/m1/s1. The molecule has 0 N–H and O–H groups in total. The number of anilines is 1. The van der Waals surface area contributed by atoms with Crippen LogP contribution in [0.5, 0.6) is 11.5 Å².